The van der Waals surface area contributed by atoms with Crippen LogP contribution in [-0.2, 0) is 0 Å². The van der Waals surface area contributed by atoms with Gasteiger partial charge in [0, 0.05) is 23.0 Å². The van der Waals surface area contributed by atoms with Crippen LogP contribution in [0.25, 0.3) is 0 Å². The van der Waals surface area contributed by atoms with Gasteiger partial charge in [0.25, 0.3) is 11.8 Å². The maximum atomic E-state index is 12.3. The number of carbonyl (C=O) groups is 2. The molecule has 3 aromatic rings. The van der Waals surface area contributed by atoms with E-state index in [4.69, 9.17) is 0 Å². The van der Waals surface area contributed by atoms with Crippen molar-refractivity contribution in [1.29, 1.82) is 0 Å². The van der Waals surface area contributed by atoms with Crippen molar-refractivity contribution in [3.63, 3.8) is 0 Å². The second kappa shape index (κ2) is 8.53. The number of anilines is 1. The second-order valence-corrected chi connectivity index (χ2v) is 5.80. The highest BCUT2D eigenvalue weighted by molar-refractivity contribution is 6.05. The van der Waals surface area contributed by atoms with E-state index in [0.29, 0.717) is 22.5 Å². The SMILES string of the molecule is Cc1ccccc1C(=O)Nc1ccc(C(=O)NN=Cc2ccccn2)cc1. The molecule has 134 valence electrons. The number of aryl methyl sites for hydroxylation is 1. The standard InChI is InChI=1S/C21H18N4O2/c1-15-6-2-3-8-19(15)21(27)24-17-11-9-16(10-12-17)20(26)25-23-14-18-7-4-5-13-22-18/h2-14H,1H3,(H,24,27)(H,25,26). The number of nitrogens with zero attached hydrogens (tertiary/aromatic N) is 2. The van der Waals surface area contributed by atoms with E-state index in [9.17, 15) is 9.59 Å². The molecule has 0 aliphatic rings. The van der Waals surface area contributed by atoms with Gasteiger partial charge in [0.2, 0.25) is 0 Å². The van der Waals surface area contributed by atoms with Crippen LogP contribution in [0, 0.1) is 6.92 Å². The molecule has 0 bridgehead atoms. The predicted molar refractivity (Wildman–Crippen MR) is 105 cm³/mol. The molecule has 0 unspecified atom stereocenters. The van der Waals surface area contributed by atoms with E-state index in [2.05, 4.69) is 20.8 Å². The van der Waals surface area contributed by atoms with Gasteiger partial charge in [-0.25, -0.2) is 5.43 Å². The highest BCUT2D eigenvalue weighted by Gasteiger charge is 2.09. The number of pyridine rings is 1. The van der Waals surface area contributed by atoms with Crippen LogP contribution in [0.3, 0.4) is 0 Å². The summed E-state index contributed by atoms with van der Waals surface area (Å²) in [5, 5.41) is 6.70. The van der Waals surface area contributed by atoms with Gasteiger partial charge in [-0.15, -0.1) is 0 Å². The van der Waals surface area contributed by atoms with Crippen molar-refractivity contribution in [2.75, 3.05) is 5.32 Å². The Morgan fingerprint density at radius 3 is 2.37 bits per heavy atom. The van der Waals surface area contributed by atoms with E-state index in [-0.39, 0.29) is 11.8 Å². The highest BCUT2D eigenvalue weighted by Crippen LogP contribution is 2.13. The van der Waals surface area contributed by atoms with E-state index in [0.717, 1.165) is 5.56 Å². The molecule has 0 aliphatic heterocycles. The minimum Gasteiger partial charge on any atom is -0.322 e. The summed E-state index contributed by atoms with van der Waals surface area (Å²) in [5.41, 5.74) is 5.64. The minimum atomic E-state index is -0.348. The van der Waals surface area contributed by atoms with Crippen LogP contribution in [0.15, 0.2) is 78.0 Å². The van der Waals surface area contributed by atoms with Crippen LogP contribution in [0.1, 0.15) is 32.0 Å². The van der Waals surface area contributed by atoms with Gasteiger partial charge in [-0.3, -0.25) is 14.6 Å². The van der Waals surface area contributed by atoms with E-state index in [1.54, 1.807) is 48.7 Å². The molecule has 1 aromatic heterocycles. The minimum absolute atomic E-state index is 0.190. The molecule has 2 amide bonds. The molecular formula is C21H18N4O2. The number of aromatic nitrogens is 1. The van der Waals surface area contributed by atoms with Gasteiger partial charge in [-0.05, 0) is 55.0 Å². The molecule has 3 rings (SSSR count). The monoisotopic (exact) mass is 358 g/mol. The predicted octanol–water partition coefficient (Wildman–Crippen LogP) is 3.41. The van der Waals surface area contributed by atoms with Crippen molar-refractivity contribution in [1.82, 2.24) is 10.4 Å². The molecule has 2 N–H and O–H groups in total. The van der Waals surface area contributed by atoms with Crippen LogP contribution in [-0.4, -0.2) is 23.0 Å². The summed E-state index contributed by atoms with van der Waals surface area (Å²) in [6.45, 7) is 1.88. The van der Waals surface area contributed by atoms with E-state index >= 15 is 0 Å². The van der Waals surface area contributed by atoms with Gasteiger partial charge < -0.3 is 5.32 Å². The molecule has 1 heterocycles. The zero-order valence-corrected chi connectivity index (χ0v) is 14.7. The molecule has 2 aromatic carbocycles. The van der Waals surface area contributed by atoms with E-state index < -0.39 is 0 Å². The van der Waals surface area contributed by atoms with Gasteiger partial charge in [-0.1, -0.05) is 24.3 Å². The summed E-state index contributed by atoms with van der Waals surface area (Å²) < 4.78 is 0. The number of rotatable bonds is 5. The Hall–Kier alpha value is -3.80. The van der Waals surface area contributed by atoms with Gasteiger partial charge in [-0.2, -0.15) is 5.10 Å². The van der Waals surface area contributed by atoms with Gasteiger partial charge >= 0.3 is 0 Å². The molecule has 0 spiro atoms. The average molecular weight is 358 g/mol. The Balaban J connectivity index is 1.59. The second-order valence-electron chi connectivity index (χ2n) is 5.80. The van der Waals surface area contributed by atoms with Crippen molar-refractivity contribution >= 4 is 23.7 Å². The normalized spacial score (nSPS) is 10.6. The van der Waals surface area contributed by atoms with Crippen molar-refractivity contribution < 1.29 is 9.59 Å². The number of benzene rings is 2. The third-order valence-electron chi connectivity index (χ3n) is 3.85. The zero-order chi connectivity index (χ0) is 19.1. The first-order chi connectivity index (χ1) is 13.1. The van der Waals surface area contributed by atoms with Crippen LogP contribution in [0.2, 0.25) is 0 Å². The molecule has 27 heavy (non-hydrogen) atoms. The molecule has 0 radical (unpaired) electrons. The summed E-state index contributed by atoms with van der Waals surface area (Å²) in [5.74, 6) is -0.538. The molecule has 0 fully saturated rings. The zero-order valence-electron chi connectivity index (χ0n) is 14.7. The summed E-state index contributed by atoms with van der Waals surface area (Å²) in [4.78, 5) is 28.5. The lowest BCUT2D eigenvalue weighted by molar-refractivity contribution is 0.0954. The van der Waals surface area contributed by atoms with E-state index in [1.165, 1.54) is 6.21 Å². The summed E-state index contributed by atoms with van der Waals surface area (Å²) in [6, 6.07) is 19.4. The molecule has 6 nitrogen and oxygen atoms in total. The molecule has 0 atom stereocenters. The van der Waals surface area contributed by atoms with E-state index in [1.807, 2.05) is 31.2 Å². The van der Waals surface area contributed by atoms with Crippen LogP contribution in [0.5, 0.6) is 0 Å². The fourth-order valence-electron chi connectivity index (χ4n) is 2.40. The van der Waals surface area contributed by atoms with Gasteiger partial charge in [0.15, 0.2) is 0 Å². The number of carbonyl (C=O) groups excluding carboxylic acids is 2. The third kappa shape index (κ3) is 4.85. The lowest BCUT2D eigenvalue weighted by Gasteiger charge is -2.08. The first-order valence-corrected chi connectivity index (χ1v) is 8.35. The quantitative estimate of drug-likeness (QED) is 0.541. The first kappa shape index (κ1) is 18.0. The maximum absolute atomic E-state index is 12.3. The van der Waals surface area contributed by atoms with Crippen LogP contribution < -0.4 is 10.7 Å². The average Bonchev–Trinajstić information content (AvgIpc) is 2.69. The highest BCUT2D eigenvalue weighted by atomic mass is 16.2. The van der Waals surface area contributed by atoms with Crippen molar-refractivity contribution in [2.45, 2.75) is 6.92 Å². The Morgan fingerprint density at radius 1 is 0.926 bits per heavy atom. The number of amides is 2. The summed E-state index contributed by atoms with van der Waals surface area (Å²) >= 11 is 0. The van der Waals surface area contributed by atoms with Crippen LogP contribution in [0.4, 0.5) is 5.69 Å². The number of hydrazone groups is 1. The van der Waals surface area contributed by atoms with Crippen LogP contribution >= 0.6 is 0 Å². The van der Waals surface area contributed by atoms with Gasteiger partial charge in [0.05, 0.1) is 11.9 Å². The number of hydrogen-bond donors (Lipinski definition) is 2. The van der Waals surface area contributed by atoms with Crippen molar-refractivity contribution in [2.24, 2.45) is 5.10 Å². The molecular weight excluding hydrogens is 340 g/mol. The fourth-order valence-corrected chi connectivity index (χ4v) is 2.40. The lowest BCUT2D eigenvalue weighted by atomic mass is 10.1. The third-order valence-corrected chi connectivity index (χ3v) is 3.85. The molecule has 0 saturated carbocycles. The molecule has 0 saturated heterocycles. The Bertz CT molecular complexity index is 967. The largest absolute Gasteiger partial charge is 0.322 e. The molecule has 0 aliphatic carbocycles. The van der Waals surface area contributed by atoms with Crippen molar-refractivity contribution in [3.05, 3.63) is 95.3 Å². The first-order valence-electron chi connectivity index (χ1n) is 8.35. The van der Waals surface area contributed by atoms with Crippen molar-refractivity contribution in [3.8, 4) is 0 Å². The summed E-state index contributed by atoms with van der Waals surface area (Å²) in [7, 11) is 0. The Labute approximate surface area is 157 Å². The number of nitrogens with one attached hydrogen (secondary N) is 2. The number of hydrogen-bond acceptors (Lipinski definition) is 4. The smallest absolute Gasteiger partial charge is 0.271 e. The molecule has 6 heteroatoms. The maximum Gasteiger partial charge on any atom is 0.271 e. The topological polar surface area (TPSA) is 83.5 Å². The lowest BCUT2D eigenvalue weighted by Crippen LogP contribution is -2.18. The Morgan fingerprint density at radius 2 is 1.67 bits per heavy atom. The summed E-state index contributed by atoms with van der Waals surface area (Å²) in [6.07, 6.45) is 3.11. The van der Waals surface area contributed by atoms with Gasteiger partial charge in [0.1, 0.15) is 0 Å². The fraction of sp³-hybridized carbons (Fsp3) is 0.0476. The Kier molecular flexibility index (Phi) is 5.69.